The van der Waals surface area contributed by atoms with E-state index in [1.807, 2.05) is 6.07 Å². The first-order chi connectivity index (χ1) is 5.42. The summed E-state index contributed by atoms with van der Waals surface area (Å²) in [5, 5.41) is 7.34. The normalized spacial score (nSPS) is 8.62. The third-order valence-corrected chi connectivity index (χ3v) is 1.41. The topological polar surface area (TPSA) is 77.3 Å². The van der Waals surface area contributed by atoms with Crippen molar-refractivity contribution in [2.45, 2.75) is 0 Å². The molecule has 0 bridgehead atoms. The van der Waals surface area contributed by atoms with Crippen molar-refractivity contribution >= 4 is 11.9 Å². The van der Waals surface area contributed by atoms with Crippen molar-refractivity contribution in [2.75, 3.05) is 0 Å². The van der Waals surface area contributed by atoms with E-state index in [1.165, 1.54) is 0 Å². The van der Waals surface area contributed by atoms with Crippen molar-refractivity contribution in [3.63, 3.8) is 0 Å². The number of fused-ring (bicyclic) bond motifs is 1. The minimum absolute atomic E-state index is 0. The number of carbonyl (C=O) groups excluding carboxylic acids is 1. The summed E-state index contributed by atoms with van der Waals surface area (Å²) in [6.45, 7) is 0. The van der Waals surface area contributed by atoms with Gasteiger partial charge in [0.05, 0.1) is 0 Å². The summed E-state index contributed by atoms with van der Waals surface area (Å²) in [7, 11) is 0. The predicted molar refractivity (Wildman–Crippen MR) is 39.7 cm³/mol. The van der Waals surface area contributed by atoms with Crippen LogP contribution >= 0.6 is 0 Å². The summed E-state index contributed by atoms with van der Waals surface area (Å²) in [6, 6.07) is 5.41. The van der Waals surface area contributed by atoms with Gasteiger partial charge in [0.2, 0.25) is 0 Å². The fraction of sp³-hybridized carbons (Fsp3) is 0. The first kappa shape index (κ1) is 12.9. The first-order valence-electron chi connectivity index (χ1n) is 3.10. The van der Waals surface area contributed by atoms with Crippen molar-refractivity contribution < 1.29 is 61.7 Å². The van der Waals surface area contributed by atoms with Gasteiger partial charge in [0, 0.05) is 12.0 Å². The number of hydrogen-bond donors (Lipinski definition) is 0. The van der Waals surface area contributed by atoms with Gasteiger partial charge in [-0.25, -0.2) is 0 Å². The molecule has 2 aromatic rings. The molecule has 0 aliphatic carbocycles. The molecule has 0 aliphatic heterocycles. The van der Waals surface area contributed by atoms with Crippen molar-refractivity contribution in [2.24, 2.45) is 0 Å². The summed E-state index contributed by atoms with van der Waals surface area (Å²) in [4.78, 5) is 10.2. The molecule has 0 aliphatic rings. The average molecular weight is 202 g/mol. The zero-order valence-corrected chi connectivity index (χ0v) is 10.1. The van der Waals surface area contributed by atoms with Crippen LogP contribution in [0.4, 0.5) is 0 Å². The molecule has 1 N–H and O–H groups in total. The van der Waals surface area contributed by atoms with E-state index in [1.54, 1.807) is 29.0 Å². The van der Waals surface area contributed by atoms with Crippen LogP contribution in [0.1, 0.15) is 5.82 Å². The van der Waals surface area contributed by atoms with E-state index < -0.39 is 0 Å². The molecule has 6 heteroatoms. The third-order valence-electron chi connectivity index (χ3n) is 1.41. The SMILES string of the molecule is O=[C-]c1nnc2ccccn12.[K+].[OH-]. The third kappa shape index (κ3) is 2.43. The van der Waals surface area contributed by atoms with E-state index in [2.05, 4.69) is 10.2 Å². The van der Waals surface area contributed by atoms with Gasteiger partial charge in [0.1, 0.15) is 0 Å². The van der Waals surface area contributed by atoms with Gasteiger partial charge < -0.3 is 14.7 Å². The number of pyridine rings is 1. The molecule has 0 fully saturated rings. The minimum Gasteiger partial charge on any atom is -0.870 e. The quantitative estimate of drug-likeness (QED) is 0.365. The fourth-order valence-electron chi connectivity index (χ4n) is 0.911. The van der Waals surface area contributed by atoms with E-state index in [0.29, 0.717) is 5.65 Å². The van der Waals surface area contributed by atoms with Gasteiger partial charge in [0.15, 0.2) is 5.65 Å². The first-order valence-corrected chi connectivity index (χ1v) is 3.10. The number of nitrogens with zero attached hydrogens (tertiary/aromatic N) is 3. The van der Waals surface area contributed by atoms with E-state index in [4.69, 9.17) is 0 Å². The summed E-state index contributed by atoms with van der Waals surface area (Å²) in [5.74, 6) is 0.209. The molecule has 0 saturated heterocycles. The second-order valence-electron chi connectivity index (χ2n) is 2.05. The van der Waals surface area contributed by atoms with Gasteiger partial charge >= 0.3 is 51.4 Å². The standard InChI is InChI=1S/C7H4N3O.K.H2O/c11-5-7-9-8-6-3-1-2-4-10(6)7;;/h1-4H;;1H2/q-1;+1;/p-1. The maximum atomic E-state index is 10.2. The van der Waals surface area contributed by atoms with Gasteiger partial charge in [-0.3, -0.25) is 0 Å². The van der Waals surface area contributed by atoms with Crippen LogP contribution < -0.4 is 51.4 Å². The number of hydrogen-bond acceptors (Lipinski definition) is 4. The van der Waals surface area contributed by atoms with Crippen LogP contribution in [-0.4, -0.2) is 26.4 Å². The fourth-order valence-corrected chi connectivity index (χ4v) is 0.911. The molecular formula is C7H5KN3O2-. The van der Waals surface area contributed by atoms with Crippen molar-refractivity contribution in [3.8, 4) is 0 Å². The van der Waals surface area contributed by atoms with E-state index in [-0.39, 0.29) is 62.7 Å². The van der Waals surface area contributed by atoms with Gasteiger partial charge in [0.25, 0.3) is 0 Å². The van der Waals surface area contributed by atoms with Crippen LogP contribution in [-0.2, 0) is 4.79 Å². The van der Waals surface area contributed by atoms with Crippen molar-refractivity contribution in [3.05, 3.63) is 30.2 Å². The largest absolute Gasteiger partial charge is 1.00 e. The van der Waals surface area contributed by atoms with Gasteiger partial charge in [-0.1, -0.05) is 6.07 Å². The summed E-state index contributed by atoms with van der Waals surface area (Å²) >= 11 is 0. The van der Waals surface area contributed by atoms with E-state index >= 15 is 0 Å². The number of aromatic nitrogens is 3. The monoisotopic (exact) mass is 202 g/mol. The molecule has 0 unspecified atom stereocenters. The summed E-state index contributed by atoms with van der Waals surface area (Å²) in [6.07, 6.45) is 3.41. The Kier molecular flexibility index (Phi) is 5.53. The van der Waals surface area contributed by atoms with Crippen LogP contribution in [0.25, 0.3) is 5.65 Å². The zero-order chi connectivity index (χ0) is 7.68. The Morgan fingerprint density at radius 3 is 2.77 bits per heavy atom. The molecule has 0 saturated carbocycles. The number of rotatable bonds is 1. The maximum absolute atomic E-state index is 10.2. The van der Waals surface area contributed by atoms with Gasteiger partial charge in [-0.15, -0.1) is 5.10 Å². The molecular weight excluding hydrogens is 197 g/mol. The van der Waals surface area contributed by atoms with Crippen LogP contribution in [0.5, 0.6) is 0 Å². The Labute approximate surface area is 117 Å². The molecule has 0 atom stereocenters. The van der Waals surface area contributed by atoms with Crippen LogP contribution in [0.2, 0.25) is 0 Å². The Morgan fingerprint density at radius 2 is 2.08 bits per heavy atom. The molecule has 13 heavy (non-hydrogen) atoms. The van der Waals surface area contributed by atoms with Crippen LogP contribution in [0, 0.1) is 0 Å². The molecule has 2 heterocycles. The minimum atomic E-state index is 0. The van der Waals surface area contributed by atoms with E-state index in [0.717, 1.165) is 0 Å². The van der Waals surface area contributed by atoms with Crippen molar-refractivity contribution in [1.29, 1.82) is 0 Å². The smallest absolute Gasteiger partial charge is 0.870 e. The molecule has 2 aromatic heterocycles. The Bertz CT molecular complexity index is 401. The predicted octanol–water partition coefficient (Wildman–Crippen LogP) is -2.99. The van der Waals surface area contributed by atoms with Crippen molar-refractivity contribution in [1.82, 2.24) is 14.6 Å². The van der Waals surface area contributed by atoms with E-state index in [9.17, 15) is 4.79 Å². The second kappa shape index (κ2) is 5.58. The molecule has 2 rings (SSSR count). The zero-order valence-electron chi connectivity index (χ0n) is 7.01. The molecule has 0 spiro atoms. The van der Waals surface area contributed by atoms with Crippen LogP contribution in [0.3, 0.4) is 0 Å². The molecule has 62 valence electrons. The Balaban J connectivity index is 0.000000720. The summed E-state index contributed by atoms with van der Waals surface area (Å²) < 4.78 is 1.58. The Morgan fingerprint density at radius 1 is 1.31 bits per heavy atom. The van der Waals surface area contributed by atoms with Crippen LogP contribution in [0.15, 0.2) is 24.4 Å². The second-order valence-corrected chi connectivity index (χ2v) is 2.05. The Hall–Kier alpha value is -0.114. The summed E-state index contributed by atoms with van der Waals surface area (Å²) in [5.41, 5.74) is 0.658. The maximum Gasteiger partial charge on any atom is 1.00 e. The van der Waals surface area contributed by atoms with Gasteiger partial charge in [-0.2, -0.15) is 11.4 Å². The molecule has 0 amide bonds. The average Bonchev–Trinajstić information content (AvgIpc) is 2.47. The molecule has 5 nitrogen and oxygen atoms in total. The molecule has 0 aromatic carbocycles. The molecule has 0 radical (unpaired) electrons. The van der Waals surface area contributed by atoms with Gasteiger partial charge in [-0.05, 0) is 12.1 Å².